The number of hydrogen-bond donors (Lipinski definition) is 2. The SMILES string of the molecule is CC(C)(C)c1csc(CC(CCc2cccnc2)NN)n1. The van der Waals surface area contributed by atoms with Gasteiger partial charge in [-0.3, -0.25) is 16.3 Å². The molecule has 0 saturated heterocycles. The van der Waals surface area contributed by atoms with Crippen LogP contribution in [0.5, 0.6) is 0 Å². The Hall–Kier alpha value is -1.30. The molecule has 3 N–H and O–H groups in total. The number of aromatic nitrogens is 2. The van der Waals surface area contributed by atoms with Gasteiger partial charge in [-0.15, -0.1) is 11.3 Å². The molecule has 2 aromatic heterocycles. The summed E-state index contributed by atoms with van der Waals surface area (Å²) in [6, 6.07) is 4.31. The Kier molecular flexibility index (Phi) is 5.45. The fourth-order valence-electron chi connectivity index (χ4n) is 2.09. The van der Waals surface area contributed by atoms with E-state index in [9.17, 15) is 0 Å². The van der Waals surface area contributed by atoms with E-state index < -0.39 is 0 Å². The van der Waals surface area contributed by atoms with Crippen molar-refractivity contribution in [3.05, 3.63) is 46.2 Å². The number of nitrogens with one attached hydrogen (secondary N) is 1. The van der Waals surface area contributed by atoms with Gasteiger partial charge < -0.3 is 0 Å². The molecular weight excluding hydrogens is 280 g/mol. The second-order valence-electron chi connectivity index (χ2n) is 6.34. The number of pyridine rings is 1. The van der Waals surface area contributed by atoms with E-state index in [1.165, 1.54) is 5.56 Å². The van der Waals surface area contributed by atoms with Crippen LogP contribution in [0.2, 0.25) is 0 Å². The minimum absolute atomic E-state index is 0.107. The summed E-state index contributed by atoms with van der Waals surface area (Å²) in [7, 11) is 0. The van der Waals surface area contributed by atoms with Crippen molar-refractivity contribution < 1.29 is 0 Å². The third kappa shape index (κ3) is 4.88. The van der Waals surface area contributed by atoms with Gasteiger partial charge in [0.05, 0.1) is 10.7 Å². The summed E-state index contributed by atoms with van der Waals surface area (Å²) in [5.41, 5.74) is 5.42. The summed E-state index contributed by atoms with van der Waals surface area (Å²) in [5, 5.41) is 3.30. The van der Waals surface area contributed by atoms with Crippen molar-refractivity contribution in [1.82, 2.24) is 15.4 Å². The molecule has 1 atom stereocenters. The quantitative estimate of drug-likeness (QED) is 0.636. The van der Waals surface area contributed by atoms with E-state index in [-0.39, 0.29) is 11.5 Å². The van der Waals surface area contributed by atoms with E-state index in [0.29, 0.717) is 0 Å². The average Bonchev–Trinajstić information content (AvgIpc) is 2.93. The Labute approximate surface area is 130 Å². The van der Waals surface area contributed by atoms with Gasteiger partial charge >= 0.3 is 0 Å². The molecule has 0 aliphatic carbocycles. The van der Waals surface area contributed by atoms with Crippen LogP contribution in [0.3, 0.4) is 0 Å². The summed E-state index contributed by atoms with van der Waals surface area (Å²) in [6.07, 6.45) is 6.53. The molecule has 0 radical (unpaired) electrons. The smallest absolute Gasteiger partial charge is 0.0944 e. The number of hydrazine groups is 1. The molecule has 21 heavy (non-hydrogen) atoms. The van der Waals surface area contributed by atoms with Gasteiger partial charge in [0.15, 0.2) is 0 Å². The van der Waals surface area contributed by atoms with Gasteiger partial charge in [-0.1, -0.05) is 26.8 Å². The summed E-state index contributed by atoms with van der Waals surface area (Å²) in [5.74, 6) is 5.69. The van der Waals surface area contributed by atoms with Crippen molar-refractivity contribution in [3.63, 3.8) is 0 Å². The summed E-state index contributed by atoms with van der Waals surface area (Å²) < 4.78 is 0. The highest BCUT2D eigenvalue weighted by atomic mass is 32.1. The molecule has 114 valence electrons. The largest absolute Gasteiger partial charge is 0.271 e. The highest BCUT2D eigenvalue weighted by molar-refractivity contribution is 7.09. The van der Waals surface area contributed by atoms with Crippen LogP contribution in [0.15, 0.2) is 29.9 Å². The van der Waals surface area contributed by atoms with Gasteiger partial charge in [-0.25, -0.2) is 4.98 Å². The number of thiazole rings is 1. The molecular formula is C16H24N4S. The van der Waals surface area contributed by atoms with E-state index in [0.717, 1.165) is 30.0 Å². The molecule has 1 unspecified atom stereocenters. The number of aryl methyl sites for hydroxylation is 1. The summed E-state index contributed by atoms with van der Waals surface area (Å²) in [6.45, 7) is 6.56. The first-order chi connectivity index (χ1) is 9.99. The molecule has 0 aliphatic rings. The molecule has 0 fully saturated rings. The van der Waals surface area contributed by atoms with Crippen LogP contribution in [-0.4, -0.2) is 16.0 Å². The van der Waals surface area contributed by atoms with Crippen LogP contribution in [0, 0.1) is 0 Å². The van der Waals surface area contributed by atoms with Gasteiger partial charge in [0, 0.05) is 35.7 Å². The second kappa shape index (κ2) is 7.11. The van der Waals surface area contributed by atoms with Gasteiger partial charge in [-0.05, 0) is 24.5 Å². The van der Waals surface area contributed by atoms with Crippen LogP contribution >= 0.6 is 11.3 Å². The van der Waals surface area contributed by atoms with Gasteiger partial charge in [0.25, 0.3) is 0 Å². The van der Waals surface area contributed by atoms with Crippen molar-refractivity contribution in [2.75, 3.05) is 0 Å². The van der Waals surface area contributed by atoms with Crippen molar-refractivity contribution in [2.24, 2.45) is 5.84 Å². The summed E-state index contributed by atoms with van der Waals surface area (Å²) >= 11 is 1.72. The zero-order chi connectivity index (χ0) is 15.3. The highest BCUT2D eigenvalue weighted by Crippen LogP contribution is 2.24. The van der Waals surface area contributed by atoms with Gasteiger partial charge in [0.1, 0.15) is 0 Å². The zero-order valence-corrected chi connectivity index (χ0v) is 13.8. The molecule has 2 heterocycles. The van der Waals surface area contributed by atoms with Crippen molar-refractivity contribution in [1.29, 1.82) is 0 Å². The van der Waals surface area contributed by atoms with Crippen LogP contribution in [0.4, 0.5) is 0 Å². The lowest BCUT2D eigenvalue weighted by molar-refractivity contribution is 0.488. The topological polar surface area (TPSA) is 63.8 Å². The third-order valence-corrected chi connectivity index (χ3v) is 4.35. The zero-order valence-electron chi connectivity index (χ0n) is 13.0. The number of hydrogen-bond acceptors (Lipinski definition) is 5. The molecule has 5 heteroatoms. The maximum absolute atomic E-state index is 5.69. The molecule has 0 aliphatic heterocycles. The first-order valence-corrected chi connectivity index (χ1v) is 8.17. The maximum atomic E-state index is 5.69. The Bertz CT molecular complexity index is 545. The normalized spacial score (nSPS) is 13.3. The number of nitrogens with two attached hydrogens (primary N) is 1. The molecule has 0 aromatic carbocycles. The van der Waals surface area contributed by atoms with Gasteiger partial charge in [0.2, 0.25) is 0 Å². The van der Waals surface area contributed by atoms with Crippen molar-refractivity contribution in [2.45, 2.75) is 51.5 Å². The molecule has 0 bridgehead atoms. The fourth-order valence-corrected chi connectivity index (χ4v) is 3.19. The standard InChI is InChI=1S/C16H24N4S/c1-16(2,3)14-11-21-15(19-14)9-13(20-17)7-6-12-5-4-8-18-10-12/h4-5,8,10-11,13,20H,6-7,9,17H2,1-3H3. The molecule has 0 saturated carbocycles. The Morgan fingerprint density at radius 3 is 2.76 bits per heavy atom. The maximum Gasteiger partial charge on any atom is 0.0944 e. The average molecular weight is 304 g/mol. The highest BCUT2D eigenvalue weighted by Gasteiger charge is 2.18. The van der Waals surface area contributed by atoms with Crippen LogP contribution in [0.25, 0.3) is 0 Å². The van der Waals surface area contributed by atoms with E-state index in [4.69, 9.17) is 10.8 Å². The first-order valence-electron chi connectivity index (χ1n) is 7.29. The van der Waals surface area contributed by atoms with Crippen molar-refractivity contribution in [3.8, 4) is 0 Å². The van der Waals surface area contributed by atoms with Crippen LogP contribution in [-0.2, 0) is 18.3 Å². The first kappa shape index (κ1) is 16.1. The second-order valence-corrected chi connectivity index (χ2v) is 7.29. The van der Waals surface area contributed by atoms with E-state index in [1.54, 1.807) is 17.5 Å². The van der Waals surface area contributed by atoms with E-state index in [1.807, 2.05) is 12.3 Å². The van der Waals surface area contributed by atoms with Crippen LogP contribution in [0.1, 0.15) is 43.5 Å². The molecule has 0 amide bonds. The lowest BCUT2D eigenvalue weighted by atomic mass is 9.93. The fraction of sp³-hybridized carbons (Fsp3) is 0.500. The Morgan fingerprint density at radius 2 is 2.19 bits per heavy atom. The van der Waals surface area contributed by atoms with Gasteiger partial charge in [-0.2, -0.15) is 0 Å². The van der Waals surface area contributed by atoms with E-state index >= 15 is 0 Å². The van der Waals surface area contributed by atoms with E-state index in [2.05, 4.69) is 42.6 Å². The Morgan fingerprint density at radius 1 is 1.38 bits per heavy atom. The predicted molar refractivity (Wildman–Crippen MR) is 88.2 cm³/mol. The predicted octanol–water partition coefficient (Wildman–Crippen LogP) is 2.84. The monoisotopic (exact) mass is 304 g/mol. The third-order valence-electron chi connectivity index (χ3n) is 3.48. The lowest BCUT2D eigenvalue weighted by Gasteiger charge is -2.16. The summed E-state index contributed by atoms with van der Waals surface area (Å²) in [4.78, 5) is 8.88. The molecule has 2 rings (SSSR count). The molecule has 0 spiro atoms. The number of nitrogens with zero attached hydrogens (tertiary/aromatic N) is 2. The molecule has 4 nitrogen and oxygen atoms in total. The Balaban J connectivity index is 1.91. The minimum Gasteiger partial charge on any atom is -0.271 e. The number of rotatable bonds is 6. The molecule has 2 aromatic rings. The lowest BCUT2D eigenvalue weighted by Crippen LogP contribution is -2.37. The van der Waals surface area contributed by atoms with Crippen molar-refractivity contribution >= 4 is 11.3 Å². The van der Waals surface area contributed by atoms with Crippen LogP contribution < -0.4 is 11.3 Å². The minimum atomic E-state index is 0.107.